The van der Waals surface area contributed by atoms with Crippen molar-refractivity contribution in [2.24, 2.45) is 0 Å². The van der Waals surface area contributed by atoms with Crippen LogP contribution in [-0.2, 0) is 26.2 Å². The summed E-state index contributed by atoms with van der Waals surface area (Å²) >= 11 is 0. The first kappa shape index (κ1) is 17.2. The molecule has 1 aliphatic rings. The van der Waals surface area contributed by atoms with Crippen molar-refractivity contribution >= 4 is 27.5 Å². The van der Waals surface area contributed by atoms with Crippen molar-refractivity contribution in [3.63, 3.8) is 0 Å². The van der Waals surface area contributed by atoms with E-state index in [1.165, 1.54) is 17.0 Å². The zero-order chi connectivity index (χ0) is 18.0. The lowest BCUT2D eigenvalue weighted by molar-refractivity contribution is -0.139. The van der Waals surface area contributed by atoms with E-state index >= 15 is 0 Å². The Kier molecular flexibility index (Phi) is 4.59. The van der Waals surface area contributed by atoms with Gasteiger partial charge in [-0.3, -0.25) is 19.2 Å². The molecule has 130 valence electrons. The number of imide groups is 1. The molecule has 25 heavy (non-hydrogen) atoms. The van der Waals surface area contributed by atoms with Crippen LogP contribution in [0.2, 0.25) is 0 Å². The van der Waals surface area contributed by atoms with E-state index in [-0.39, 0.29) is 36.1 Å². The van der Waals surface area contributed by atoms with Crippen LogP contribution < -0.4 is 4.72 Å². The van der Waals surface area contributed by atoms with Crippen LogP contribution in [0, 0.1) is 6.92 Å². The largest absolute Gasteiger partial charge is 0.280 e. The molecule has 2 aromatic carbocycles. The summed E-state index contributed by atoms with van der Waals surface area (Å²) in [6.45, 7) is 2.05. The highest BCUT2D eigenvalue weighted by Gasteiger charge is 2.28. The van der Waals surface area contributed by atoms with E-state index in [1.807, 2.05) is 13.0 Å². The van der Waals surface area contributed by atoms with Crippen molar-refractivity contribution in [1.82, 2.24) is 4.90 Å². The van der Waals surface area contributed by atoms with Crippen molar-refractivity contribution in [3.05, 3.63) is 59.7 Å². The third kappa shape index (κ3) is 3.88. The van der Waals surface area contributed by atoms with Crippen LogP contribution in [0.3, 0.4) is 0 Å². The van der Waals surface area contributed by atoms with Crippen molar-refractivity contribution in [1.29, 1.82) is 0 Å². The smallest absolute Gasteiger partial charge is 0.261 e. The van der Waals surface area contributed by atoms with Gasteiger partial charge in [0.2, 0.25) is 11.8 Å². The maximum Gasteiger partial charge on any atom is 0.261 e. The summed E-state index contributed by atoms with van der Waals surface area (Å²) in [5.41, 5.74) is 2.16. The fourth-order valence-electron chi connectivity index (χ4n) is 2.68. The van der Waals surface area contributed by atoms with Crippen LogP contribution in [0.4, 0.5) is 5.69 Å². The van der Waals surface area contributed by atoms with Gasteiger partial charge in [0.05, 0.1) is 11.4 Å². The minimum Gasteiger partial charge on any atom is -0.280 e. The van der Waals surface area contributed by atoms with Crippen LogP contribution in [0.5, 0.6) is 0 Å². The molecule has 0 bridgehead atoms. The van der Waals surface area contributed by atoms with Gasteiger partial charge < -0.3 is 0 Å². The van der Waals surface area contributed by atoms with Crippen LogP contribution in [0.1, 0.15) is 24.0 Å². The van der Waals surface area contributed by atoms with Crippen molar-refractivity contribution in [2.45, 2.75) is 31.2 Å². The molecule has 0 atom stereocenters. The Labute approximate surface area is 146 Å². The average molecular weight is 358 g/mol. The predicted molar refractivity (Wildman–Crippen MR) is 93.2 cm³/mol. The molecule has 2 aromatic rings. The summed E-state index contributed by atoms with van der Waals surface area (Å²) in [5, 5.41) is 0. The normalized spacial score (nSPS) is 14.8. The lowest BCUT2D eigenvalue weighted by atomic mass is 10.2. The van der Waals surface area contributed by atoms with Gasteiger partial charge in [-0.25, -0.2) is 8.42 Å². The topological polar surface area (TPSA) is 83.6 Å². The van der Waals surface area contributed by atoms with E-state index in [4.69, 9.17) is 0 Å². The molecule has 1 aliphatic heterocycles. The molecule has 1 N–H and O–H groups in total. The number of hydrogen-bond donors (Lipinski definition) is 1. The number of hydrogen-bond acceptors (Lipinski definition) is 4. The number of nitrogens with zero attached hydrogens (tertiary/aromatic N) is 1. The number of sulfonamides is 1. The van der Waals surface area contributed by atoms with Crippen LogP contribution in [0.25, 0.3) is 0 Å². The van der Waals surface area contributed by atoms with Crippen molar-refractivity contribution < 1.29 is 18.0 Å². The number of amides is 2. The predicted octanol–water partition coefficient (Wildman–Crippen LogP) is 2.44. The molecule has 0 spiro atoms. The molecule has 1 fully saturated rings. The van der Waals surface area contributed by atoms with E-state index in [1.54, 1.807) is 30.3 Å². The van der Waals surface area contributed by atoms with Crippen LogP contribution in [0.15, 0.2) is 53.4 Å². The van der Waals surface area contributed by atoms with Gasteiger partial charge in [0.25, 0.3) is 10.0 Å². The maximum atomic E-state index is 12.4. The van der Waals surface area contributed by atoms with Crippen molar-refractivity contribution in [3.8, 4) is 0 Å². The Hall–Kier alpha value is -2.67. The number of carbonyl (C=O) groups is 2. The summed E-state index contributed by atoms with van der Waals surface area (Å²) < 4.78 is 27.4. The molecular weight excluding hydrogens is 340 g/mol. The van der Waals surface area contributed by atoms with Gasteiger partial charge in [0, 0.05) is 18.5 Å². The van der Waals surface area contributed by atoms with E-state index in [9.17, 15) is 18.0 Å². The summed E-state index contributed by atoms with van der Waals surface area (Å²) in [7, 11) is -3.69. The second kappa shape index (κ2) is 6.68. The monoisotopic (exact) mass is 358 g/mol. The third-order valence-corrected chi connectivity index (χ3v) is 5.40. The quantitative estimate of drug-likeness (QED) is 0.832. The molecule has 1 saturated heterocycles. The fraction of sp³-hybridized carbons (Fsp3) is 0.222. The minimum atomic E-state index is -3.69. The first-order valence-electron chi connectivity index (χ1n) is 7.87. The van der Waals surface area contributed by atoms with E-state index < -0.39 is 10.0 Å². The Morgan fingerprint density at radius 2 is 1.64 bits per heavy atom. The molecule has 1 heterocycles. The summed E-state index contributed by atoms with van der Waals surface area (Å²) in [6, 6.07) is 13.3. The molecule has 6 nitrogen and oxygen atoms in total. The van der Waals surface area contributed by atoms with Gasteiger partial charge in [-0.2, -0.15) is 0 Å². The molecule has 0 saturated carbocycles. The SMILES string of the molecule is Cc1cccc(NS(=O)(=O)c2ccc(CN3C(=O)CCC3=O)cc2)c1. The second-order valence-corrected chi connectivity index (χ2v) is 7.67. The van der Waals surface area contributed by atoms with Gasteiger partial charge in [0.15, 0.2) is 0 Å². The number of nitrogens with one attached hydrogen (secondary N) is 1. The third-order valence-electron chi connectivity index (χ3n) is 4.00. The standard InChI is InChI=1S/C18H18N2O4S/c1-13-3-2-4-15(11-13)19-25(23,24)16-7-5-14(6-8-16)12-20-17(21)9-10-18(20)22/h2-8,11,19H,9-10,12H2,1H3. The first-order valence-corrected chi connectivity index (χ1v) is 9.35. The number of aryl methyl sites for hydroxylation is 1. The zero-order valence-electron chi connectivity index (χ0n) is 13.7. The Bertz CT molecular complexity index is 904. The number of likely N-dealkylation sites (tertiary alicyclic amines) is 1. The van der Waals surface area contributed by atoms with Crippen LogP contribution in [-0.4, -0.2) is 25.1 Å². The molecule has 0 aromatic heterocycles. The van der Waals surface area contributed by atoms with Gasteiger partial charge in [-0.1, -0.05) is 24.3 Å². The molecule has 0 unspecified atom stereocenters. The lowest BCUT2D eigenvalue weighted by Gasteiger charge is -2.14. The minimum absolute atomic E-state index is 0.122. The van der Waals surface area contributed by atoms with Crippen LogP contribution >= 0.6 is 0 Å². The molecule has 0 aliphatic carbocycles. The van der Waals surface area contributed by atoms with E-state index in [0.29, 0.717) is 11.3 Å². The summed E-state index contributed by atoms with van der Waals surface area (Å²) in [4.78, 5) is 24.6. The number of carbonyl (C=O) groups excluding carboxylic acids is 2. The fourth-order valence-corrected chi connectivity index (χ4v) is 3.73. The second-order valence-electron chi connectivity index (χ2n) is 5.99. The van der Waals surface area contributed by atoms with Gasteiger partial charge in [-0.15, -0.1) is 0 Å². The number of benzene rings is 2. The van der Waals surface area contributed by atoms with E-state index in [0.717, 1.165) is 5.56 Å². The molecular formula is C18H18N2O4S. The Balaban J connectivity index is 1.75. The highest BCUT2D eigenvalue weighted by molar-refractivity contribution is 7.92. The van der Waals surface area contributed by atoms with Gasteiger partial charge in [-0.05, 0) is 42.3 Å². The van der Waals surface area contributed by atoms with Gasteiger partial charge >= 0.3 is 0 Å². The molecule has 2 amide bonds. The van der Waals surface area contributed by atoms with Crippen molar-refractivity contribution in [2.75, 3.05) is 4.72 Å². The molecule has 0 radical (unpaired) electrons. The first-order chi connectivity index (χ1) is 11.8. The lowest BCUT2D eigenvalue weighted by Crippen LogP contribution is -2.28. The highest BCUT2D eigenvalue weighted by atomic mass is 32.2. The number of rotatable bonds is 5. The van der Waals surface area contributed by atoms with E-state index in [2.05, 4.69) is 4.72 Å². The zero-order valence-corrected chi connectivity index (χ0v) is 14.5. The van der Waals surface area contributed by atoms with Gasteiger partial charge in [0.1, 0.15) is 0 Å². The Morgan fingerprint density at radius 3 is 2.24 bits per heavy atom. The summed E-state index contributed by atoms with van der Waals surface area (Å²) in [6.07, 6.45) is 0.484. The molecule has 7 heteroatoms. The average Bonchev–Trinajstić information content (AvgIpc) is 2.87. The highest BCUT2D eigenvalue weighted by Crippen LogP contribution is 2.20. The maximum absolute atomic E-state index is 12.4. The molecule has 3 rings (SSSR count). The summed E-state index contributed by atoms with van der Waals surface area (Å²) in [5.74, 6) is -0.384. The number of anilines is 1. The Morgan fingerprint density at radius 1 is 1.00 bits per heavy atom.